The van der Waals surface area contributed by atoms with Crippen molar-refractivity contribution in [3.8, 4) is 0 Å². The van der Waals surface area contributed by atoms with E-state index in [1.54, 1.807) is 0 Å². The summed E-state index contributed by atoms with van der Waals surface area (Å²) in [6.45, 7) is 2.19. The lowest BCUT2D eigenvalue weighted by Crippen LogP contribution is -1.99. The van der Waals surface area contributed by atoms with Gasteiger partial charge in [0.2, 0.25) is 0 Å². The molecule has 0 spiro atoms. The Hall–Kier alpha value is -0.530. The van der Waals surface area contributed by atoms with Crippen LogP contribution < -0.4 is 0 Å². The molecule has 0 aromatic heterocycles. The average molecular weight is 169 g/mol. The van der Waals surface area contributed by atoms with Gasteiger partial charge in [0, 0.05) is 0 Å². The van der Waals surface area contributed by atoms with Crippen LogP contribution in [0.1, 0.15) is 51.9 Å². The molecule has 0 radical (unpaired) electrons. The second kappa shape index (κ2) is 5.18. The van der Waals surface area contributed by atoms with Gasteiger partial charge >= 0.3 is 0 Å². The van der Waals surface area contributed by atoms with Crippen molar-refractivity contribution < 1.29 is 5.21 Å². The summed E-state index contributed by atoms with van der Waals surface area (Å²) in [6.07, 6.45) is 8.40. The summed E-state index contributed by atoms with van der Waals surface area (Å²) in [5, 5.41) is 12.0. The smallest absolute Gasteiger partial charge is 0.0573 e. The number of unbranched alkanes of at least 4 members (excludes halogenated alkanes) is 2. The lowest BCUT2D eigenvalue weighted by Gasteiger charge is -2.01. The van der Waals surface area contributed by atoms with Gasteiger partial charge in [-0.25, -0.2) is 0 Å². The van der Waals surface area contributed by atoms with E-state index < -0.39 is 0 Å². The van der Waals surface area contributed by atoms with Crippen LogP contribution in [-0.4, -0.2) is 10.9 Å². The predicted octanol–water partition coefficient (Wildman–Crippen LogP) is 3.20. The normalized spacial score (nSPS) is 18.2. The highest BCUT2D eigenvalue weighted by Crippen LogP contribution is 2.33. The molecule has 1 fully saturated rings. The third-order valence-electron chi connectivity index (χ3n) is 2.43. The van der Waals surface area contributed by atoms with Gasteiger partial charge in [0.05, 0.1) is 5.71 Å². The van der Waals surface area contributed by atoms with Crippen LogP contribution in [0.2, 0.25) is 0 Å². The molecule has 2 nitrogen and oxygen atoms in total. The van der Waals surface area contributed by atoms with E-state index in [4.69, 9.17) is 5.21 Å². The van der Waals surface area contributed by atoms with Crippen molar-refractivity contribution in [2.75, 3.05) is 0 Å². The lowest BCUT2D eigenvalue weighted by atomic mass is 10.1. The van der Waals surface area contributed by atoms with Gasteiger partial charge in [-0.05, 0) is 38.0 Å². The zero-order chi connectivity index (χ0) is 8.81. The number of nitrogens with zero attached hydrogens (tertiary/aromatic N) is 1. The molecule has 0 aromatic carbocycles. The summed E-state index contributed by atoms with van der Waals surface area (Å²) >= 11 is 0. The van der Waals surface area contributed by atoms with Crippen LogP contribution in [0.25, 0.3) is 0 Å². The van der Waals surface area contributed by atoms with Crippen LogP contribution in [0.5, 0.6) is 0 Å². The third kappa shape index (κ3) is 3.74. The van der Waals surface area contributed by atoms with Gasteiger partial charge in [0.15, 0.2) is 0 Å². The molecule has 1 rings (SSSR count). The predicted molar refractivity (Wildman–Crippen MR) is 50.7 cm³/mol. The van der Waals surface area contributed by atoms with E-state index in [9.17, 15) is 0 Å². The fourth-order valence-corrected chi connectivity index (χ4v) is 1.43. The van der Waals surface area contributed by atoms with E-state index in [1.165, 1.54) is 32.1 Å². The van der Waals surface area contributed by atoms with E-state index in [0.29, 0.717) is 0 Å². The van der Waals surface area contributed by atoms with E-state index in [2.05, 4.69) is 12.1 Å². The number of rotatable bonds is 6. The zero-order valence-electron chi connectivity index (χ0n) is 7.92. The van der Waals surface area contributed by atoms with Crippen LogP contribution in [0.4, 0.5) is 0 Å². The van der Waals surface area contributed by atoms with Crippen molar-refractivity contribution in [1.29, 1.82) is 0 Å². The van der Waals surface area contributed by atoms with Crippen molar-refractivity contribution in [1.82, 2.24) is 0 Å². The van der Waals surface area contributed by atoms with E-state index in [0.717, 1.165) is 24.5 Å². The van der Waals surface area contributed by atoms with E-state index >= 15 is 0 Å². The van der Waals surface area contributed by atoms with Gasteiger partial charge < -0.3 is 5.21 Å². The maximum atomic E-state index is 8.69. The topological polar surface area (TPSA) is 32.6 Å². The molecule has 0 unspecified atom stereocenters. The maximum absolute atomic E-state index is 8.69. The first-order valence-corrected chi connectivity index (χ1v) is 5.06. The van der Waals surface area contributed by atoms with Gasteiger partial charge in [-0.1, -0.05) is 24.9 Å². The molecule has 0 saturated heterocycles. The summed E-state index contributed by atoms with van der Waals surface area (Å²) in [4.78, 5) is 0. The highest BCUT2D eigenvalue weighted by Gasteiger charge is 2.23. The van der Waals surface area contributed by atoms with Crippen LogP contribution in [0, 0.1) is 5.92 Å². The van der Waals surface area contributed by atoms with Crippen molar-refractivity contribution in [3.63, 3.8) is 0 Å². The Labute approximate surface area is 74.7 Å². The number of oxime groups is 1. The Bertz CT molecular complexity index is 150. The van der Waals surface area contributed by atoms with Crippen LogP contribution in [-0.2, 0) is 0 Å². The average Bonchev–Trinajstić information content (AvgIpc) is 2.87. The molecule has 2 heteroatoms. The van der Waals surface area contributed by atoms with E-state index in [-0.39, 0.29) is 0 Å². The molecular weight excluding hydrogens is 150 g/mol. The molecular formula is C10H19NO. The first kappa shape index (κ1) is 9.56. The lowest BCUT2D eigenvalue weighted by molar-refractivity contribution is 0.315. The summed E-state index contributed by atoms with van der Waals surface area (Å²) in [6, 6.07) is 0. The Morgan fingerprint density at radius 2 is 2.17 bits per heavy atom. The molecule has 12 heavy (non-hydrogen) atoms. The zero-order valence-corrected chi connectivity index (χ0v) is 7.92. The Morgan fingerprint density at radius 1 is 1.42 bits per heavy atom. The van der Waals surface area contributed by atoms with Crippen molar-refractivity contribution in [2.24, 2.45) is 11.1 Å². The van der Waals surface area contributed by atoms with Crippen molar-refractivity contribution >= 4 is 5.71 Å². The first-order chi connectivity index (χ1) is 5.86. The minimum atomic E-state index is 0.845. The molecule has 70 valence electrons. The standard InChI is InChI=1S/C10H19NO/c1-2-3-4-5-10(11-12)8-9-6-7-9/h9,12H,2-8H2,1H3. The largest absolute Gasteiger partial charge is 0.411 e. The van der Waals surface area contributed by atoms with Gasteiger partial charge in [0.25, 0.3) is 0 Å². The van der Waals surface area contributed by atoms with Gasteiger partial charge in [-0.2, -0.15) is 0 Å². The molecule has 0 atom stereocenters. The summed E-state index contributed by atoms with van der Waals surface area (Å²) < 4.78 is 0. The molecule has 1 aliphatic carbocycles. The van der Waals surface area contributed by atoms with Crippen molar-refractivity contribution in [3.05, 3.63) is 0 Å². The summed E-state index contributed by atoms with van der Waals surface area (Å²) in [5.41, 5.74) is 1.02. The second-order valence-electron chi connectivity index (χ2n) is 3.77. The maximum Gasteiger partial charge on any atom is 0.0573 e. The fourth-order valence-electron chi connectivity index (χ4n) is 1.43. The minimum absolute atomic E-state index is 0.845. The fraction of sp³-hybridized carbons (Fsp3) is 0.900. The molecule has 0 aliphatic heterocycles. The SMILES string of the molecule is CCCCCC(CC1CC1)=NO. The number of hydrogen-bond donors (Lipinski definition) is 1. The third-order valence-corrected chi connectivity index (χ3v) is 2.43. The van der Waals surface area contributed by atoms with Gasteiger partial charge in [0.1, 0.15) is 0 Å². The molecule has 1 aliphatic rings. The Morgan fingerprint density at radius 3 is 2.67 bits per heavy atom. The first-order valence-electron chi connectivity index (χ1n) is 5.06. The molecule has 1 N–H and O–H groups in total. The molecule has 0 aromatic rings. The summed E-state index contributed by atoms with van der Waals surface area (Å²) in [5.74, 6) is 0.845. The van der Waals surface area contributed by atoms with Gasteiger partial charge in [-0.15, -0.1) is 0 Å². The molecule has 0 amide bonds. The monoisotopic (exact) mass is 169 g/mol. The van der Waals surface area contributed by atoms with E-state index in [1.807, 2.05) is 0 Å². The van der Waals surface area contributed by atoms with Crippen molar-refractivity contribution in [2.45, 2.75) is 51.9 Å². The molecule has 1 saturated carbocycles. The second-order valence-corrected chi connectivity index (χ2v) is 3.77. The minimum Gasteiger partial charge on any atom is -0.411 e. The molecule has 0 heterocycles. The van der Waals surface area contributed by atoms with Crippen LogP contribution in [0.3, 0.4) is 0 Å². The van der Waals surface area contributed by atoms with Gasteiger partial charge in [-0.3, -0.25) is 0 Å². The Balaban J connectivity index is 2.07. The quantitative estimate of drug-likeness (QED) is 0.281. The Kier molecular flexibility index (Phi) is 4.12. The number of hydrogen-bond acceptors (Lipinski definition) is 2. The van der Waals surface area contributed by atoms with Crippen LogP contribution >= 0.6 is 0 Å². The summed E-state index contributed by atoms with van der Waals surface area (Å²) in [7, 11) is 0. The van der Waals surface area contributed by atoms with Crippen LogP contribution in [0.15, 0.2) is 5.16 Å². The molecule has 0 bridgehead atoms. The highest BCUT2D eigenvalue weighted by molar-refractivity contribution is 5.84. The highest BCUT2D eigenvalue weighted by atomic mass is 16.4.